The number of carbonyl (C=O) groups is 3. The Morgan fingerprint density at radius 1 is 1.07 bits per heavy atom. The third-order valence-corrected chi connectivity index (χ3v) is 2.38. The quantitative estimate of drug-likeness (QED) is 0.470. The molecule has 0 aromatic carbocycles. The van der Waals surface area contributed by atoms with Crippen molar-refractivity contribution < 1.29 is 27.7 Å². The molecule has 0 rings (SSSR count). The summed E-state index contributed by atoms with van der Waals surface area (Å²) in [5.41, 5.74) is 0. The lowest BCUT2D eigenvalue weighted by Crippen LogP contribution is -2.32. The highest BCUT2D eigenvalue weighted by Crippen LogP contribution is 1.95. The zero-order valence-corrected chi connectivity index (χ0v) is 8.97. The molecule has 0 aliphatic heterocycles. The number of rotatable bonds is 4. The average Bonchev–Trinajstić information content (AvgIpc) is 2.01. The third kappa shape index (κ3) is 5.95. The number of carbonyl (C=O) groups excluding carboxylic acids is 3. The standard InChI is InChI=1S/C7H10O6Si/c1-4-7(10)13-14(11-5(2)8)12-6(3)9/h4,14H,1H2,2-3H3. The molecule has 0 amide bonds. The van der Waals surface area contributed by atoms with E-state index in [0.29, 0.717) is 0 Å². The van der Waals surface area contributed by atoms with E-state index in [2.05, 4.69) is 19.9 Å². The van der Waals surface area contributed by atoms with Gasteiger partial charge in [-0.2, -0.15) is 0 Å². The Balaban J connectivity index is 4.23. The molecule has 7 heteroatoms. The van der Waals surface area contributed by atoms with Gasteiger partial charge in [0.2, 0.25) is 0 Å². The highest BCUT2D eigenvalue weighted by molar-refractivity contribution is 6.44. The topological polar surface area (TPSA) is 78.9 Å². The molecule has 0 radical (unpaired) electrons. The Labute approximate surface area is 82.4 Å². The molecule has 0 aromatic heterocycles. The van der Waals surface area contributed by atoms with Crippen LogP contribution < -0.4 is 0 Å². The number of hydrogen-bond donors (Lipinski definition) is 0. The van der Waals surface area contributed by atoms with Crippen LogP contribution in [0.2, 0.25) is 0 Å². The smallest absolute Gasteiger partial charge is 0.458 e. The van der Waals surface area contributed by atoms with Crippen LogP contribution in [0.25, 0.3) is 0 Å². The average molecular weight is 218 g/mol. The molecular formula is C7H10O6Si. The van der Waals surface area contributed by atoms with Crippen LogP contribution in [-0.4, -0.2) is 27.4 Å². The molecule has 78 valence electrons. The molecule has 0 heterocycles. The lowest BCUT2D eigenvalue weighted by Gasteiger charge is -2.12. The van der Waals surface area contributed by atoms with Crippen molar-refractivity contribution in [3.63, 3.8) is 0 Å². The van der Waals surface area contributed by atoms with E-state index in [1.54, 1.807) is 0 Å². The fourth-order valence-electron chi connectivity index (χ4n) is 0.486. The van der Waals surface area contributed by atoms with Gasteiger partial charge in [-0.25, -0.2) is 4.79 Å². The monoisotopic (exact) mass is 218 g/mol. The van der Waals surface area contributed by atoms with Crippen molar-refractivity contribution >= 4 is 27.4 Å². The van der Waals surface area contributed by atoms with Gasteiger partial charge in [0.15, 0.2) is 0 Å². The van der Waals surface area contributed by atoms with Crippen LogP contribution in [0.4, 0.5) is 0 Å². The summed E-state index contributed by atoms with van der Waals surface area (Å²) in [6.45, 7) is 5.37. The molecular weight excluding hydrogens is 208 g/mol. The van der Waals surface area contributed by atoms with Gasteiger partial charge in [-0.3, -0.25) is 9.59 Å². The Kier molecular flexibility index (Phi) is 5.23. The largest absolute Gasteiger partial charge is 0.689 e. The van der Waals surface area contributed by atoms with Gasteiger partial charge in [0.05, 0.1) is 0 Å². The van der Waals surface area contributed by atoms with Crippen molar-refractivity contribution in [3.05, 3.63) is 12.7 Å². The maximum absolute atomic E-state index is 10.7. The highest BCUT2D eigenvalue weighted by Gasteiger charge is 2.25. The molecule has 0 saturated carbocycles. The molecule has 6 nitrogen and oxygen atoms in total. The van der Waals surface area contributed by atoms with E-state index in [4.69, 9.17) is 0 Å². The number of hydrogen-bond acceptors (Lipinski definition) is 6. The van der Waals surface area contributed by atoms with Crippen molar-refractivity contribution in [2.24, 2.45) is 0 Å². The Morgan fingerprint density at radius 2 is 1.50 bits per heavy atom. The van der Waals surface area contributed by atoms with E-state index >= 15 is 0 Å². The fraction of sp³-hybridized carbons (Fsp3) is 0.286. The van der Waals surface area contributed by atoms with Gasteiger partial charge in [-0.15, -0.1) is 0 Å². The minimum absolute atomic E-state index is 0.681. The van der Waals surface area contributed by atoms with Crippen LogP contribution in [0.5, 0.6) is 0 Å². The van der Waals surface area contributed by atoms with E-state index < -0.39 is 27.4 Å². The predicted octanol–water partition coefficient (Wildman–Crippen LogP) is -0.441. The maximum atomic E-state index is 10.7. The summed E-state index contributed by atoms with van der Waals surface area (Å²) in [6, 6.07) is 0. The van der Waals surface area contributed by atoms with Gasteiger partial charge in [0.25, 0.3) is 11.9 Å². The molecule has 0 aliphatic carbocycles. The molecule has 0 atom stereocenters. The first-order valence-corrected chi connectivity index (χ1v) is 5.04. The molecule has 0 fully saturated rings. The van der Waals surface area contributed by atoms with Crippen LogP contribution in [0.1, 0.15) is 13.8 Å². The summed E-state index contributed by atoms with van der Waals surface area (Å²) in [6.07, 6.45) is 0.882. The molecule has 0 bridgehead atoms. The molecule has 0 aromatic rings. The second-order valence-electron chi connectivity index (χ2n) is 2.15. The van der Waals surface area contributed by atoms with Gasteiger partial charge < -0.3 is 13.3 Å². The Morgan fingerprint density at radius 3 is 1.79 bits per heavy atom. The van der Waals surface area contributed by atoms with Crippen LogP contribution in [0, 0.1) is 0 Å². The zero-order valence-electron chi connectivity index (χ0n) is 7.81. The summed E-state index contributed by atoms with van der Waals surface area (Å²) in [4.78, 5) is 31.7. The van der Waals surface area contributed by atoms with Gasteiger partial charge in [0.1, 0.15) is 0 Å². The Bertz CT molecular complexity index is 245. The van der Waals surface area contributed by atoms with Crippen molar-refractivity contribution in [2.45, 2.75) is 13.8 Å². The summed E-state index contributed by atoms with van der Waals surface area (Å²) in [5.74, 6) is -2.16. The molecule has 0 N–H and O–H groups in total. The van der Waals surface area contributed by atoms with E-state index in [-0.39, 0.29) is 0 Å². The first kappa shape index (κ1) is 12.4. The Hall–Kier alpha value is -1.63. The zero-order chi connectivity index (χ0) is 11.1. The van der Waals surface area contributed by atoms with Gasteiger partial charge in [-0.05, 0) is 0 Å². The lowest BCUT2D eigenvalue weighted by molar-refractivity contribution is -0.143. The molecule has 0 saturated heterocycles. The van der Waals surface area contributed by atoms with Gasteiger partial charge >= 0.3 is 15.5 Å². The van der Waals surface area contributed by atoms with Crippen molar-refractivity contribution in [1.82, 2.24) is 0 Å². The first-order valence-electron chi connectivity index (χ1n) is 3.63. The fourth-order valence-corrected chi connectivity index (χ4v) is 1.46. The van der Waals surface area contributed by atoms with Gasteiger partial charge in [-0.1, -0.05) is 6.58 Å². The third-order valence-electron chi connectivity index (χ3n) is 0.903. The van der Waals surface area contributed by atoms with E-state index in [1.165, 1.54) is 0 Å². The highest BCUT2D eigenvalue weighted by atomic mass is 28.3. The molecule has 14 heavy (non-hydrogen) atoms. The predicted molar refractivity (Wildman–Crippen MR) is 47.0 cm³/mol. The van der Waals surface area contributed by atoms with Crippen LogP contribution in [-0.2, 0) is 27.7 Å². The van der Waals surface area contributed by atoms with Crippen molar-refractivity contribution in [2.75, 3.05) is 0 Å². The van der Waals surface area contributed by atoms with Crippen LogP contribution in [0.3, 0.4) is 0 Å². The SMILES string of the molecule is C=CC(=O)O[SiH](OC(C)=O)OC(C)=O. The second kappa shape index (κ2) is 5.92. The minimum Gasteiger partial charge on any atom is -0.458 e. The lowest BCUT2D eigenvalue weighted by atomic mass is 10.7. The first-order chi connectivity index (χ1) is 6.45. The summed E-state index contributed by atoms with van der Waals surface area (Å²) >= 11 is 0. The maximum Gasteiger partial charge on any atom is 0.689 e. The van der Waals surface area contributed by atoms with Crippen molar-refractivity contribution in [1.29, 1.82) is 0 Å². The minimum atomic E-state index is -3.04. The molecule has 0 aliphatic rings. The van der Waals surface area contributed by atoms with E-state index in [1.807, 2.05) is 0 Å². The van der Waals surface area contributed by atoms with E-state index in [9.17, 15) is 14.4 Å². The summed E-state index contributed by atoms with van der Waals surface area (Å²) in [5, 5.41) is 0. The van der Waals surface area contributed by atoms with Crippen LogP contribution in [0.15, 0.2) is 12.7 Å². The van der Waals surface area contributed by atoms with Crippen LogP contribution >= 0.6 is 0 Å². The molecule has 0 spiro atoms. The van der Waals surface area contributed by atoms with E-state index in [0.717, 1.165) is 19.9 Å². The normalized spacial score (nSPS) is 9.07. The van der Waals surface area contributed by atoms with Crippen molar-refractivity contribution in [3.8, 4) is 0 Å². The van der Waals surface area contributed by atoms with Gasteiger partial charge in [0, 0.05) is 19.9 Å². The molecule has 0 unspecified atom stereocenters. The summed E-state index contributed by atoms with van der Waals surface area (Å²) < 4.78 is 13.5. The second-order valence-corrected chi connectivity index (χ2v) is 3.43. The summed E-state index contributed by atoms with van der Waals surface area (Å²) in [7, 11) is -3.04.